The second-order valence-electron chi connectivity index (χ2n) is 9.98. The van der Waals surface area contributed by atoms with Crippen molar-refractivity contribution in [3.8, 4) is 5.75 Å². The number of nitrogens with zero attached hydrogens (tertiary/aromatic N) is 3. The summed E-state index contributed by atoms with van der Waals surface area (Å²) in [6.45, 7) is 2.41. The minimum atomic E-state index is -3.32. The molecule has 1 unspecified atom stereocenters. The molecular weight excluding hydrogens is 490 g/mol. The normalized spacial score (nSPS) is 16.6. The van der Waals surface area contributed by atoms with Gasteiger partial charge in [-0.15, -0.1) is 0 Å². The van der Waals surface area contributed by atoms with Gasteiger partial charge in [-0.2, -0.15) is 8.78 Å². The van der Waals surface area contributed by atoms with E-state index in [9.17, 15) is 13.6 Å². The summed E-state index contributed by atoms with van der Waals surface area (Å²) in [6.07, 6.45) is 4.26. The number of aryl methyl sites for hydroxylation is 1. The molecule has 0 fully saturated rings. The predicted octanol–water partition coefficient (Wildman–Crippen LogP) is 5.48. The standard InChI is InChI=1S/C29H34F2N4O3/c1-17(21-7-6-8-22(13-21)29(30,31)16-36)32-27-24-14-23(26(38-5)15-25(24)33-18(2)34-27)19-9-11-20(12-10-19)28(37)35(3)4/h6-9,13-15,17,20,36H,10-12,16H2,1-5H3,(H,32,33,34)/t17-,20?/m0/s1. The number of amides is 1. The van der Waals surface area contributed by atoms with Gasteiger partial charge in [0.05, 0.1) is 12.6 Å². The van der Waals surface area contributed by atoms with E-state index in [0.29, 0.717) is 34.9 Å². The van der Waals surface area contributed by atoms with Gasteiger partial charge in [0.25, 0.3) is 5.92 Å². The van der Waals surface area contributed by atoms with Crippen LogP contribution < -0.4 is 10.1 Å². The third-order valence-corrected chi connectivity index (χ3v) is 7.04. The molecule has 2 N–H and O–H groups in total. The number of fused-ring (bicyclic) bond motifs is 1. The fourth-order valence-electron chi connectivity index (χ4n) is 4.89. The van der Waals surface area contributed by atoms with E-state index >= 15 is 0 Å². The third-order valence-electron chi connectivity index (χ3n) is 7.04. The Morgan fingerprint density at radius 2 is 2.03 bits per heavy atom. The Bertz CT molecular complexity index is 1370. The van der Waals surface area contributed by atoms with Crippen molar-refractivity contribution < 1.29 is 23.4 Å². The monoisotopic (exact) mass is 524 g/mol. The molecule has 7 nitrogen and oxygen atoms in total. The van der Waals surface area contributed by atoms with Gasteiger partial charge >= 0.3 is 0 Å². The number of aliphatic hydroxyl groups is 1. The molecule has 1 aromatic heterocycles. The van der Waals surface area contributed by atoms with Crippen LogP contribution in [0, 0.1) is 12.8 Å². The van der Waals surface area contributed by atoms with Crippen LogP contribution >= 0.6 is 0 Å². The molecule has 0 aliphatic heterocycles. The van der Waals surface area contributed by atoms with Crippen molar-refractivity contribution in [3.05, 3.63) is 65.0 Å². The Kier molecular flexibility index (Phi) is 7.97. The van der Waals surface area contributed by atoms with E-state index < -0.39 is 12.5 Å². The molecule has 0 saturated heterocycles. The smallest absolute Gasteiger partial charge is 0.295 e. The highest BCUT2D eigenvalue weighted by Crippen LogP contribution is 2.39. The van der Waals surface area contributed by atoms with Crippen molar-refractivity contribution in [2.24, 2.45) is 5.92 Å². The molecule has 2 aromatic carbocycles. The Morgan fingerprint density at radius 3 is 2.66 bits per heavy atom. The van der Waals surface area contributed by atoms with E-state index in [1.807, 2.05) is 19.1 Å². The quantitative estimate of drug-likeness (QED) is 0.406. The highest BCUT2D eigenvalue weighted by molar-refractivity contribution is 5.94. The van der Waals surface area contributed by atoms with Crippen LogP contribution in [0.1, 0.15) is 54.7 Å². The van der Waals surface area contributed by atoms with Crippen LogP contribution in [0.2, 0.25) is 0 Å². The molecule has 0 radical (unpaired) electrons. The third kappa shape index (κ3) is 5.62. The predicted molar refractivity (Wildman–Crippen MR) is 144 cm³/mol. The van der Waals surface area contributed by atoms with E-state index in [0.717, 1.165) is 29.4 Å². The van der Waals surface area contributed by atoms with Crippen LogP contribution in [-0.2, 0) is 10.7 Å². The van der Waals surface area contributed by atoms with E-state index in [-0.39, 0.29) is 23.4 Å². The van der Waals surface area contributed by atoms with E-state index in [4.69, 9.17) is 9.84 Å². The summed E-state index contributed by atoms with van der Waals surface area (Å²) in [4.78, 5) is 23.3. The number of aromatic nitrogens is 2. The first kappa shape index (κ1) is 27.4. The molecule has 1 heterocycles. The number of benzene rings is 2. The van der Waals surface area contributed by atoms with Crippen molar-refractivity contribution in [1.29, 1.82) is 0 Å². The van der Waals surface area contributed by atoms with E-state index in [2.05, 4.69) is 21.4 Å². The lowest BCUT2D eigenvalue weighted by molar-refractivity contribution is -0.133. The van der Waals surface area contributed by atoms with Crippen molar-refractivity contribution in [2.45, 2.75) is 45.1 Å². The molecule has 1 aliphatic rings. The van der Waals surface area contributed by atoms with Crippen molar-refractivity contribution >= 4 is 28.2 Å². The number of hydrogen-bond donors (Lipinski definition) is 2. The summed E-state index contributed by atoms with van der Waals surface area (Å²) in [6, 6.07) is 9.56. The number of carbonyl (C=O) groups is 1. The summed E-state index contributed by atoms with van der Waals surface area (Å²) in [7, 11) is 5.18. The van der Waals surface area contributed by atoms with Gasteiger partial charge in [-0.05, 0) is 56.4 Å². The minimum Gasteiger partial charge on any atom is -0.496 e. The molecule has 1 amide bonds. The number of aliphatic hydroxyl groups excluding tert-OH is 1. The second-order valence-corrected chi connectivity index (χ2v) is 9.98. The molecule has 0 spiro atoms. The second kappa shape index (κ2) is 11.0. The van der Waals surface area contributed by atoms with Gasteiger partial charge in [0.15, 0.2) is 0 Å². The number of anilines is 1. The van der Waals surface area contributed by atoms with Crippen molar-refractivity contribution in [1.82, 2.24) is 14.9 Å². The topological polar surface area (TPSA) is 87.6 Å². The number of allylic oxidation sites excluding steroid dienone is 2. The van der Waals surface area contributed by atoms with Gasteiger partial charge in [0.2, 0.25) is 5.91 Å². The number of ether oxygens (including phenoxy) is 1. The molecule has 0 bridgehead atoms. The minimum absolute atomic E-state index is 0.0294. The molecule has 0 saturated carbocycles. The van der Waals surface area contributed by atoms with E-state index in [1.54, 1.807) is 45.2 Å². The maximum atomic E-state index is 14.1. The number of carbonyl (C=O) groups excluding carboxylic acids is 1. The lowest BCUT2D eigenvalue weighted by Crippen LogP contribution is -2.30. The van der Waals surface area contributed by atoms with Gasteiger partial charge in [-0.25, -0.2) is 9.97 Å². The Hall–Kier alpha value is -3.59. The maximum absolute atomic E-state index is 14.1. The molecule has 4 rings (SSSR count). The molecule has 1 aliphatic carbocycles. The van der Waals surface area contributed by atoms with Crippen LogP contribution in [0.4, 0.5) is 14.6 Å². The molecule has 2 atom stereocenters. The summed E-state index contributed by atoms with van der Waals surface area (Å²) in [5.74, 6) is -1.38. The van der Waals surface area contributed by atoms with Crippen molar-refractivity contribution in [3.63, 3.8) is 0 Å². The van der Waals surface area contributed by atoms with E-state index in [1.165, 1.54) is 12.1 Å². The zero-order valence-electron chi connectivity index (χ0n) is 22.4. The molecule has 38 heavy (non-hydrogen) atoms. The van der Waals surface area contributed by atoms with Crippen molar-refractivity contribution in [2.75, 3.05) is 33.1 Å². The lowest BCUT2D eigenvalue weighted by Gasteiger charge is -2.25. The SMILES string of the molecule is COc1cc2nc(C)nc(N[C@@H](C)c3cccc(C(F)(F)CO)c3)c2cc1C1=CCC(C(=O)N(C)C)CC1. The van der Waals surface area contributed by atoms with Gasteiger partial charge in [-0.3, -0.25) is 4.79 Å². The number of halogens is 2. The zero-order chi connectivity index (χ0) is 27.6. The Labute approximate surface area is 221 Å². The number of nitrogens with one attached hydrogen (secondary N) is 1. The summed E-state index contributed by atoms with van der Waals surface area (Å²) < 4.78 is 33.9. The maximum Gasteiger partial charge on any atom is 0.295 e. The lowest BCUT2D eigenvalue weighted by atomic mass is 9.85. The molecular formula is C29H34F2N4O3. The highest BCUT2D eigenvalue weighted by Gasteiger charge is 2.31. The zero-order valence-corrected chi connectivity index (χ0v) is 22.4. The average Bonchev–Trinajstić information content (AvgIpc) is 2.91. The molecule has 9 heteroatoms. The van der Waals surface area contributed by atoms with Crippen LogP contribution in [0.3, 0.4) is 0 Å². The number of hydrogen-bond acceptors (Lipinski definition) is 6. The Morgan fingerprint density at radius 1 is 1.26 bits per heavy atom. The first-order valence-electron chi connectivity index (χ1n) is 12.7. The van der Waals surface area contributed by atoms with Crippen LogP contribution in [-0.4, -0.2) is 53.7 Å². The highest BCUT2D eigenvalue weighted by atomic mass is 19.3. The summed E-state index contributed by atoms with van der Waals surface area (Å²) >= 11 is 0. The molecule has 202 valence electrons. The van der Waals surface area contributed by atoms with Crippen LogP contribution in [0.5, 0.6) is 5.75 Å². The summed E-state index contributed by atoms with van der Waals surface area (Å²) in [5.41, 5.74) is 3.12. The van der Waals surface area contributed by atoms with Gasteiger partial charge in [0.1, 0.15) is 24.0 Å². The summed E-state index contributed by atoms with van der Waals surface area (Å²) in [5, 5.41) is 13.2. The Balaban J connectivity index is 1.70. The van der Waals surface area contributed by atoms with Gasteiger partial charge < -0.3 is 20.1 Å². The number of alkyl halides is 2. The number of methoxy groups -OCH3 is 1. The fourth-order valence-corrected chi connectivity index (χ4v) is 4.89. The van der Waals surface area contributed by atoms with Crippen LogP contribution in [0.15, 0.2) is 42.5 Å². The number of rotatable bonds is 8. The molecule has 3 aromatic rings. The van der Waals surface area contributed by atoms with Gasteiger partial charge in [-0.1, -0.05) is 24.3 Å². The first-order valence-corrected chi connectivity index (χ1v) is 12.7. The fraction of sp³-hybridized carbons (Fsp3) is 0.414. The largest absolute Gasteiger partial charge is 0.496 e. The first-order chi connectivity index (χ1) is 18.0. The average molecular weight is 525 g/mol. The van der Waals surface area contributed by atoms with Crippen LogP contribution in [0.25, 0.3) is 16.5 Å². The van der Waals surface area contributed by atoms with Gasteiger partial charge in [0, 0.05) is 48.6 Å².